The topological polar surface area (TPSA) is 76.2 Å². The summed E-state index contributed by atoms with van der Waals surface area (Å²) in [6.45, 7) is 0. The SMILES string of the molecule is O=C(O)c1ccc(Sc2nccc(C(F)(F)F)n2)o1. The molecule has 0 aliphatic heterocycles. The van der Waals surface area contributed by atoms with Crippen LogP contribution >= 0.6 is 11.8 Å². The third kappa shape index (κ3) is 3.25. The van der Waals surface area contributed by atoms with E-state index in [0.717, 1.165) is 12.3 Å². The molecule has 100 valence electrons. The highest BCUT2D eigenvalue weighted by Crippen LogP contribution is 2.31. The van der Waals surface area contributed by atoms with Gasteiger partial charge in [-0.05, 0) is 30.0 Å². The van der Waals surface area contributed by atoms with Gasteiger partial charge in [-0.15, -0.1) is 0 Å². The van der Waals surface area contributed by atoms with Crippen LogP contribution < -0.4 is 0 Å². The van der Waals surface area contributed by atoms with Gasteiger partial charge in [0.25, 0.3) is 0 Å². The lowest BCUT2D eigenvalue weighted by Gasteiger charge is -2.05. The third-order valence-electron chi connectivity index (χ3n) is 1.91. The minimum Gasteiger partial charge on any atom is -0.475 e. The first-order valence-corrected chi connectivity index (χ1v) is 5.59. The molecule has 0 aliphatic rings. The molecule has 0 aromatic carbocycles. The normalized spacial score (nSPS) is 11.5. The van der Waals surface area contributed by atoms with E-state index < -0.39 is 17.8 Å². The van der Waals surface area contributed by atoms with Crippen LogP contribution in [0.2, 0.25) is 0 Å². The van der Waals surface area contributed by atoms with Crippen LogP contribution in [0.4, 0.5) is 13.2 Å². The molecule has 0 unspecified atom stereocenters. The summed E-state index contributed by atoms with van der Waals surface area (Å²) in [5.74, 6) is -1.58. The van der Waals surface area contributed by atoms with Gasteiger partial charge in [0.15, 0.2) is 10.2 Å². The number of aromatic carboxylic acids is 1. The molecule has 2 aromatic rings. The highest BCUT2D eigenvalue weighted by atomic mass is 32.2. The van der Waals surface area contributed by atoms with E-state index in [1.807, 2.05) is 0 Å². The number of furan rings is 1. The summed E-state index contributed by atoms with van der Waals surface area (Å²) < 4.78 is 42.1. The first-order valence-electron chi connectivity index (χ1n) is 4.77. The summed E-state index contributed by atoms with van der Waals surface area (Å²) in [5.41, 5.74) is -1.07. The Balaban J connectivity index is 2.21. The van der Waals surface area contributed by atoms with Crippen molar-refractivity contribution in [1.82, 2.24) is 9.97 Å². The van der Waals surface area contributed by atoms with E-state index in [1.165, 1.54) is 12.1 Å². The molecule has 19 heavy (non-hydrogen) atoms. The van der Waals surface area contributed by atoms with E-state index in [4.69, 9.17) is 9.52 Å². The van der Waals surface area contributed by atoms with Crippen molar-refractivity contribution < 1.29 is 27.5 Å². The van der Waals surface area contributed by atoms with Gasteiger partial charge >= 0.3 is 12.1 Å². The summed E-state index contributed by atoms with van der Waals surface area (Å²) in [6, 6.07) is 3.25. The molecule has 0 saturated heterocycles. The van der Waals surface area contributed by atoms with E-state index in [9.17, 15) is 18.0 Å². The van der Waals surface area contributed by atoms with Crippen molar-refractivity contribution in [3.05, 3.63) is 35.9 Å². The molecule has 2 heterocycles. The molecule has 0 atom stereocenters. The average molecular weight is 290 g/mol. The smallest absolute Gasteiger partial charge is 0.433 e. The Hall–Kier alpha value is -2.03. The van der Waals surface area contributed by atoms with E-state index in [1.54, 1.807) is 0 Å². The molecular weight excluding hydrogens is 285 g/mol. The van der Waals surface area contributed by atoms with E-state index in [2.05, 4.69) is 9.97 Å². The Morgan fingerprint density at radius 3 is 2.63 bits per heavy atom. The van der Waals surface area contributed by atoms with Crippen LogP contribution in [0.15, 0.2) is 39.1 Å². The van der Waals surface area contributed by atoms with Crippen LogP contribution in [-0.2, 0) is 6.18 Å². The van der Waals surface area contributed by atoms with Crippen molar-refractivity contribution >= 4 is 17.7 Å². The van der Waals surface area contributed by atoms with Crippen molar-refractivity contribution in [1.29, 1.82) is 0 Å². The second-order valence-electron chi connectivity index (χ2n) is 3.25. The van der Waals surface area contributed by atoms with E-state index in [0.29, 0.717) is 11.8 Å². The molecule has 0 fully saturated rings. The fraction of sp³-hybridized carbons (Fsp3) is 0.100. The number of hydrogen-bond donors (Lipinski definition) is 1. The lowest BCUT2D eigenvalue weighted by molar-refractivity contribution is -0.141. The fourth-order valence-corrected chi connectivity index (χ4v) is 1.83. The minimum atomic E-state index is -4.56. The van der Waals surface area contributed by atoms with Gasteiger partial charge in [0.05, 0.1) is 0 Å². The van der Waals surface area contributed by atoms with Gasteiger partial charge < -0.3 is 9.52 Å². The molecular formula is C10H5F3N2O3S. The maximum absolute atomic E-state index is 12.4. The molecule has 0 amide bonds. The van der Waals surface area contributed by atoms with Gasteiger partial charge in [0.2, 0.25) is 5.76 Å². The summed E-state index contributed by atoms with van der Waals surface area (Å²) in [5, 5.41) is 8.55. The fourth-order valence-electron chi connectivity index (χ4n) is 1.13. The number of carboxylic acids is 1. The molecule has 9 heteroatoms. The van der Waals surface area contributed by atoms with E-state index >= 15 is 0 Å². The predicted octanol–water partition coefficient (Wildman–Crippen LogP) is 2.94. The molecule has 0 spiro atoms. The highest BCUT2D eigenvalue weighted by Gasteiger charge is 2.32. The highest BCUT2D eigenvalue weighted by molar-refractivity contribution is 7.99. The number of carbonyl (C=O) groups is 1. The Morgan fingerprint density at radius 2 is 2.05 bits per heavy atom. The van der Waals surface area contributed by atoms with Crippen molar-refractivity contribution in [2.45, 2.75) is 16.4 Å². The van der Waals surface area contributed by atoms with Crippen LogP contribution in [-0.4, -0.2) is 21.0 Å². The summed E-state index contributed by atoms with van der Waals surface area (Å²) in [7, 11) is 0. The van der Waals surface area contributed by atoms with Crippen LogP contribution in [0.25, 0.3) is 0 Å². The molecule has 5 nitrogen and oxygen atoms in total. The maximum atomic E-state index is 12.4. The van der Waals surface area contributed by atoms with Crippen LogP contribution in [0.5, 0.6) is 0 Å². The average Bonchev–Trinajstić information content (AvgIpc) is 2.77. The third-order valence-corrected chi connectivity index (χ3v) is 2.71. The second-order valence-corrected chi connectivity index (χ2v) is 4.22. The summed E-state index contributed by atoms with van der Waals surface area (Å²) in [6.07, 6.45) is -3.59. The Labute approximate surface area is 108 Å². The largest absolute Gasteiger partial charge is 0.475 e. The van der Waals surface area contributed by atoms with Gasteiger partial charge in [-0.1, -0.05) is 0 Å². The minimum absolute atomic E-state index is 0.0942. The number of rotatable bonds is 3. The van der Waals surface area contributed by atoms with Crippen molar-refractivity contribution in [2.75, 3.05) is 0 Å². The number of halogens is 3. The van der Waals surface area contributed by atoms with Gasteiger partial charge in [0.1, 0.15) is 5.69 Å². The number of nitrogens with zero attached hydrogens (tertiary/aromatic N) is 2. The van der Waals surface area contributed by atoms with E-state index in [-0.39, 0.29) is 16.0 Å². The summed E-state index contributed by atoms with van der Waals surface area (Å²) >= 11 is 0.704. The number of aromatic nitrogens is 2. The van der Waals surface area contributed by atoms with Crippen LogP contribution in [0, 0.1) is 0 Å². The first-order chi connectivity index (χ1) is 8.86. The molecule has 0 radical (unpaired) electrons. The van der Waals surface area contributed by atoms with Gasteiger partial charge in [0, 0.05) is 6.20 Å². The quantitative estimate of drug-likeness (QED) is 0.876. The zero-order valence-electron chi connectivity index (χ0n) is 9.01. The zero-order valence-corrected chi connectivity index (χ0v) is 9.83. The standard InChI is InChI=1S/C10H5F3N2O3S/c11-10(12,13)6-3-4-14-9(15-6)19-7-2-1-5(18-7)8(16)17/h1-4H,(H,16,17). The van der Waals surface area contributed by atoms with Gasteiger partial charge in [-0.3, -0.25) is 0 Å². The molecule has 0 bridgehead atoms. The predicted molar refractivity (Wildman–Crippen MR) is 56.8 cm³/mol. The molecule has 2 rings (SSSR count). The van der Waals surface area contributed by atoms with Crippen molar-refractivity contribution in [2.24, 2.45) is 0 Å². The van der Waals surface area contributed by atoms with Crippen molar-refractivity contribution in [3.63, 3.8) is 0 Å². The van der Waals surface area contributed by atoms with Crippen LogP contribution in [0.1, 0.15) is 16.2 Å². The molecule has 0 saturated carbocycles. The number of carboxylic acid groups (broad SMARTS) is 1. The molecule has 0 aliphatic carbocycles. The number of alkyl halides is 3. The lowest BCUT2D eigenvalue weighted by Crippen LogP contribution is -2.08. The maximum Gasteiger partial charge on any atom is 0.433 e. The number of hydrogen-bond acceptors (Lipinski definition) is 5. The Kier molecular flexibility index (Phi) is 3.47. The van der Waals surface area contributed by atoms with Gasteiger partial charge in [-0.25, -0.2) is 14.8 Å². The lowest BCUT2D eigenvalue weighted by atomic mass is 10.4. The Bertz CT molecular complexity index is 612. The zero-order chi connectivity index (χ0) is 14.0. The monoisotopic (exact) mass is 290 g/mol. The van der Waals surface area contributed by atoms with Crippen LogP contribution in [0.3, 0.4) is 0 Å². The van der Waals surface area contributed by atoms with Crippen molar-refractivity contribution in [3.8, 4) is 0 Å². The molecule has 1 N–H and O–H groups in total. The molecule has 2 aromatic heterocycles. The second kappa shape index (κ2) is 4.92. The Morgan fingerprint density at radius 1 is 1.32 bits per heavy atom. The summed E-state index contributed by atoms with van der Waals surface area (Å²) in [4.78, 5) is 17.5. The first kappa shape index (κ1) is 13.4. The van der Waals surface area contributed by atoms with Gasteiger partial charge in [-0.2, -0.15) is 13.2 Å².